The highest BCUT2D eigenvalue weighted by molar-refractivity contribution is 7.91. The molecule has 1 amide bonds. The van der Waals surface area contributed by atoms with Crippen LogP contribution < -0.4 is 4.90 Å². The number of fused-ring (bicyclic) bond motifs is 1. The smallest absolute Gasteiger partial charge is 0.227 e. The Morgan fingerprint density at radius 2 is 2.17 bits per heavy atom. The van der Waals surface area contributed by atoms with Gasteiger partial charge in [0.25, 0.3) is 0 Å². The third kappa shape index (κ3) is 3.45. The maximum Gasteiger partial charge on any atom is 0.227 e. The molecule has 3 rings (SSSR count). The van der Waals surface area contributed by atoms with Gasteiger partial charge in [0.05, 0.1) is 22.2 Å². The van der Waals surface area contributed by atoms with E-state index in [1.807, 2.05) is 0 Å². The molecule has 1 aromatic rings. The molecule has 1 saturated heterocycles. The Balaban J connectivity index is 1.84. The zero-order chi connectivity index (χ0) is 17.5. The second kappa shape index (κ2) is 6.64. The summed E-state index contributed by atoms with van der Waals surface area (Å²) in [5.74, 6) is -0.316. The fourth-order valence-corrected chi connectivity index (χ4v) is 5.85. The molecule has 2 aliphatic rings. The summed E-state index contributed by atoms with van der Waals surface area (Å²) < 4.78 is 37.4. The van der Waals surface area contributed by atoms with Crippen molar-refractivity contribution in [3.8, 4) is 0 Å². The number of anilines is 1. The predicted octanol–water partition coefficient (Wildman–Crippen LogP) is 3.28. The number of carbonyl (C=O) groups is 1. The van der Waals surface area contributed by atoms with Crippen molar-refractivity contribution in [3.63, 3.8) is 0 Å². The Morgan fingerprint density at radius 1 is 1.42 bits per heavy atom. The van der Waals surface area contributed by atoms with E-state index in [1.165, 1.54) is 6.07 Å². The van der Waals surface area contributed by atoms with Gasteiger partial charge in [0.15, 0.2) is 9.84 Å². The van der Waals surface area contributed by atoms with Crippen LogP contribution in [0.25, 0.3) is 0 Å². The first kappa shape index (κ1) is 17.7. The highest BCUT2D eigenvalue weighted by Gasteiger charge is 2.31. The van der Waals surface area contributed by atoms with Crippen LogP contribution in [0.2, 0.25) is 5.02 Å². The molecule has 2 aliphatic heterocycles. The average molecular weight is 374 g/mol. The lowest BCUT2D eigenvalue weighted by Gasteiger charge is -2.33. The first-order valence-corrected chi connectivity index (χ1v) is 10.5. The third-order valence-electron chi connectivity index (χ3n) is 4.98. The maximum atomic E-state index is 13.9. The number of benzene rings is 1. The van der Waals surface area contributed by atoms with Crippen LogP contribution in [0, 0.1) is 18.7 Å². The summed E-state index contributed by atoms with van der Waals surface area (Å²) in [5, 5.41) is 0.248. The molecule has 0 aromatic heterocycles. The van der Waals surface area contributed by atoms with Gasteiger partial charge in [-0.15, -0.1) is 0 Å². The fourth-order valence-electron chi connectivity index (χ4n) is 3.76. The van der Waals surface area contributed by atoms with Crippen LogP contribution in [0.3, 0.4) is 0 Å². The van der Waals surface area contributed by atoms with Gasteiger partial charge in [-0.2, -0.15) is 0 Å². The molecule has 1 unspecified atom stereocenters. The number of carbonyl (C=O) groups excluding carboxylic acids is 1. The summed E-state index contributed by atoms with van der Waals surface area (Å²) in [7, 11) is -3.04. The summed E-state index contributed by atoms with van der Waals surface area (Å²) in [6.07, 6.45) is 3.01. The van der Waals surface area contributed by atoms with E-state index >= 15 is 0 Å². The number of hydrogen-bond donors (Lipinski definition) is 0. The number of nitrogens with zero attached hydrogens (tertiary/aromatic N) is 1. The number of amides is 1. The molecule has 0 N–H and O–H groups in total. The van der Waals surface area contributed by atoms with Crippen LogP contribution in [-0.2, 0) is 21.1 Å². The second-order valence-electron chi connectivity index (χ2n) is 6.77. The molecule has 0 saturated carbocycles. The molecule has 0 spiro atoms. The van der Waals surface area contributed by atoms with Crippen LogP contribution in [-0.4, -0.2) is 32.4 Å². The van der Waals surface area contributed by atoms with Crippen molar-refractivity contribution >= 4 is 33.0 Å². The molecule has 0 bridgehead atoms. The quantitative estimate of drug-likeness (QED) is 0.799. The van der Waals surface area contributed by atoms with Gasteiger partial charge in [-0.3, -0.25) is 4.79 Å². The number of halogens is 2. The number of hydrogen-bond acceptors (Lipinski definition) is 3. The summed E-state index contributed by atoms with van der Waals surface area (Å²) >= 11 is 6.22. The molecule has 24 heavy (non-hydrogen) atoms. The standard InChI is InChI=1S/C17H21ClFNO3S/c1-11-13-5-2-6-20(17(13)14(18)9-15(11)19)16(21)8-12-4-3-7-24(22,23)10-12/h9,12H,2-8,10H2,1H3. The fraction of sp³-hybridized carbons (Fsp3) is 0.588. The molecule has 7 heteroatoms. The van der Waals surface area contributed by atoms with Crippen LogP contribution >= 0.6 is 11.6 Å². The van der Waals surface area contributed by atoms with Crippen molar-refractivity contribution < 1.29 is 17.6 Å². The number of rotatable bonds is 2. The van der Waals surface area contributed by atoms with Crippen molar-refractivity contribution in [3.05, 3.63) is 28.0 Å². The molecule has 1 atom stereocenters. The van der Waals surface area contributed by atoms with Crippen LogP contribution in [0.5, 0.6) is 0 Å². The van der Waals surface area contributed by atoms with Crippen molar-refractivity contribution in [2.45, 2.75) is 39.0 Å². The van der Waals surface area contributed by atoms with Crippen molar-refractivity contribution in [2.24, 2.45) is 5.92 Å². The van der Waals surface area contributed by atoms with Gasteiger partial charge in [0, 0.05) is 13.0 Å². The first-order chi connectivity index (χ1) is 11.3. The lowest BCUT2D eigenvalue weighted by Crippen LogP contribution is -2.38. The molecular weight excluding hydrogens is 353 g/mol. The zero-order valence-electron chi connectivity index (χ0n) is 13.6. The summed E-state index contributed by atoms with van der Waals surface area (Å²) in [6, 6.07) is 1.26. The van der Waals surface area contributed by atoms with Crippen LogP contribution in [0.15, 0.2) is 6.07 Å². The van der Waals surface area contributed by atoms with E-state index in [9.17, 15) is 17.6 Å². The van der Waals surface area contributed by atoms with Gasteiger partial charge in [-0.25, -0.2) is 12.8 Å². The average Bonchev–Trinajstić information content (AvgIpc) is 2.51. The van der Waals surface area contributed by atoms with Crippen LogP contribution in [0.4, 0.5) is 10.1 Å². The van der Waals surface area contributed by atoms with Gasteiger partial charge < -0.3 is 4.90 Å². The highest BCUT2D eigenvalue weighted by atomic mass is 35.5. The molecular formula is C17H21ClFNO3S. The minimum Gasteiger partial charge on any atom is -0.311 e. The van der Waals surface area contributed by atoms with E-state index in [1.54, 1.807) is 11.8 Å². The number of sulfone groups is 1. The molecule has 2 heterocycles. The Bertz CT molecular complexity index is 779. The highest BCUT2D eigenvalue weighted by Crippen LogP contribution is 2.38. The monoisotopic (exact) mass is 373 g/mol. The molecule has 132 valence electrons. The minimum atomic E-state index is -3.04. The SMILES string of the molecule is Cc1c(F)cc(Cl)c2c1CCCN2C(=O)CC1CCCS(=O)(=O)C1. The maximum absolute atomic E-state index is 13.9. The first-order valence-electron chi connectivity index (χ1n) is 8.27. The van der Waals surface area contributed by atoms with Crippen molar-refractivity contribution in [1.82, 2.24) is 0 Å². The normalized spacial score (nSPS) is 23.0. The Hall–Kier alpha value is -1.14. The Kier molecular flexibility index (Phi) is 4.89. The molecule has 1 fully saturated rings. The summed E-state index contributed by atoms with van der Waals surface area (Å²) in [6.45, 7) is 2.24. The topological polar surface area (TPSA) is 54.5 Å². The lowest BCUT2D eigenvalue weighted by molar-refractivity contribution is -0.119. The van der Waals surface area contributed by atoms with Gasteiger partial charge in [-0.1, -0.05) is 11.6 Å². The van der Waals surface area contributed by atoms with Crippen molar-refractivity contribution in [2.75, 3.05) is 23.0 Å². The molecule has 1 aromatic carbocycles. The van der Waals surface area contributed by atoms with Crippen LogP contribution in [0.1, 0.15) is 36.8 Å². The van der Waals surface area contributed by atoms with E-state index in [2.05, 4.69) is 0 Å². The van der Waals surface area contributed by atoms with Crippen molar-refractivity contribution in [1.29, 1.82) is 0 Å². The predicted molar refractivity (Wildman–Crippen MR) is 92.8 cm³/mol. The third-order valence-corrected chi connectivity index (χ3v) is 7.15. The van der Waals surface area contributed by atoms with E-state index in [0.717, 1.165) is 18.4 Å². The van der Waals surface area contributed by atoms with Gasteiger partial charge in [-0.05, 0) is 55.7 Å². The lowest BCUT2D eigenvalue weighted by atomic mass is 9.95. The van der Waals surface area contributed by atoms with Gasteiger partial charge in [0.1, 0.15) is 5.82 Å². The summed E-state index contributed by atoms with van der Waals surface area (Å²) in [4.78, 5) is 14.4. The molecule has 0 aliphatic carbocycles. The van der Waals surface area contributed by atoms with Gasteiger partial charge in [0.2, 0.25) is 5.91 Å². The van der Waals surface area contributed by atoms with E-state index in [4.69, 9.17) is 11.6 Å². The zero-order valence-corrected chi connectivity index (χ0v) is 15.2. The molecule has 0 radical (unpaired) electrons. The Labute approximate surface area is 146 Å². The minimum absolute atomic E-state index is 0.0790. The second-order valence-corrected chi connectivity index (χ2v) is 9.40. The van der Waals surface area contributed by atoms with E-state index in [-0.39, 0.29) is 40.6 Å². The van der Waals surface area contributed by atoms with Gasteiger partial charge >= 0.3 is 0 Å². The van der Waals surface area contributed by atoms with E-state index < -0.39 is 9.84 Å². The molecule has 4 nitrogen and oxygen atoms in total. The largest absolute Gasteiger partial charge is 0.311 e. The Morgan fingerprint density at radius 3 is 2.88 bits per heavy atom. The van der Waals surface area contributed by atoms with E-state index in [0.29, 0.717) is 30.6 Å². The summed E-state index contributed by atoms with van der Waals surface area (Å²) in [5.41, 5.74) is 1.92.